The number of methoxy groups -OCH3 is 1. The monoisotopic (exact) mass is 346 g/mol. The number of carbonyl (C=O) groups is 1. The maximum atomic E-state index is 12.2. The molecule has 0 fully saturated rings. The van der Waals surface area contributed by atoms with Gasteiger partial charge in [-0.15, -0.1) is 0 Å². The molecule has 0 bridgehead atoms. The summed E-state index contributed by atoms with van der Waals surface area (Å²) < 4.78 is 5.12. The quantitative estimate of drug-likeness (QED) is 0.803. The third-order valence-corrected chi connectivity index (χ3v) is 4.10. The molecule has 2 rings (SSSR count). The molecule has 0 heterocycles. The number of hydrogen-bond donors (Lipinski definition) is 2. The van der Waals surface area contributed by atoms with Gasteiger partial charge in [0.05, 0.1) is 13.2 Å². The fourth-order valence-electron chi connectivity index (χ4n) is 2.41. The van der Waals surface area contributed by atoms with Gasteiger partial charge in [-0.05, 0) is 49.2 Å². The Balaban J connectivity index is 1.85. The van der Waals surface area contributed by atoms with Crippen LogP contribution in [0.15, 0.2) is 48.5 Å². The highest BCUT2D eigenvalue weighted by Crippen LogP contribution is 2.17. The molecular weight excluding hydrogens is 324 g/mol. The van der Waals surface area contributed by atoms with E-state index in [-0.39, 0.29) is 18.0 Å². The number of rotatable bonds is 7. The van der Waals surface area contributed by atoms with Gasteiger partial charge in [-0.1, -0.05) is 35.9 Å². The van der Waals surface area contributed by atoms with Crippen LogP contribution in [0.3, 0.4) is 0 Å². The molecule has 4 nitrogen and oxygen atoms in total. The predicted octanol–water partition coefficient (Wildman–Crippen LogP) is 3.70. The van der Waals surface area contributed by atoms with Crippen molar-refractivity contribution in [2.45, 2.75) is 32.5 Å². The van der Waals surface area contributed by atoms with Gasteiger partial charge in [0.25, 0.3) is 0 Å². The Morgan fingerprint density at radius 2 is 1.88 bits per heavy atom. The summed E-state index contributed by atoms with van der Waals surface area (Å²) in [5.74, 6) is 0.759. The van der Waals surface area contributed by atoms with E-state index < -0.39 is 0 Å². The maximum Gasteiger partial charge on any atom is 0.237 e. The van der Waals surface area contributed by atoms with E-state index in [4.69, 9.17) is 16.3 Å². The van der Waals surface area contributed by atoms with Crippen molar-refractivity contribution in [3.05, 3.63) is 64.7 Å². The Morgan fingerprint density at radius 3 is 2.50 bits per heavy atom. The van der Waals surface area contributed by atoms with Crippen LogP contribution in [-0.2, 0) is 11.3 Å². The minimum atomic E-state index is -0.308. The average Bonchev–Trinajstić information content (AvgIpc) is 2.60. The number of hydrogen-bond acceptors (Lipinski definition) is 3. The third kappa shape index (κ3) is 5.25. The average molecular weight is 347 g/mol. The molecule has 2 N–H and O–H groups in total. The lowest BCUT2D eigenvalue weighted by Crippen LogP contribution is -2.42. The fourth-order valence-corrected chi connectivity index (χ4v) is 2.61. The smallest absolute Gasteiger partial charge is 0.237 e. The molecule has 0 aliphatic carbocycles. The summed E-state index contributed by atoms with van der Waals surface area (Å²) in [6.45, 7) is 4.35. The van der Waals surface area contributed by atoms with Gasteiger partial charge in [-0.25, -0.2) is 0 Å². The number of benzene rings is 2. The molecule has 0 aliphatic heterocycles. The maximum absolute atomic E-state index is 12.2. The van der Waals surface area contributed by atoms with E-state index in [1.54, 1.807) is 7.11 Å². The van der Waals surface area contributed by atoms with Crippen molar-refractivity contribution in [3.63, 3.8) is 0 Å². The Kier molecular flexibility index (Phi) is 6.64. The van der Waals surface area contributed by atoms with Crippen LogP contribution in [0.4, 0.5) is 0 Å². The van der Waals surface area contributed by atoms with Crippen LogP contribution in [0.1, 0.15) is 31.0 Å². The van der Waals surface area contributed by atoms with Crippen molar-refractivity contribution in [1.29, 1.82) is 0 Å². The first-order valence-corrected chi connectivity index (χ1v) is 8.29. The summed E-state index contributed by atoms with van der Waals surface area (Å²) in [4.78, 5) is 12.2. The second-order valence-electron chi connectivity index (χ2n) is 5.73. The van der Waals surface area contributed by atoms with Crippen molar-refractivity contribution < 1.29 is 9.53 Å². The minimum absolute atomic E-state index is 0.0328. The van der Waals surface area contributed by atoms with Gasteiger partial charge in [-0.3, -0.25) is 10.1 Å². The number of halogens is 1. The van der Waals surface area contributed by atoms with Crippen LogP contribution in [0.2, 0.25) is 5.02 Å². The van der Waals surface area contributed by atoms with Gasteiger partial charge < -0.3 is 10.1 Å². The lowest BCUT2D eigenvalue weighted by atomic mass is 10.1. The van der Waals surface area contributed by atoms with E-state index in [9.17, 15) is 4.79 Å². The highest BCUT2D eigenvalue weighted by Gasteiger charge is 2.16. The zero-order valence-electron chi connectivity index (χ0n) is 14.2. The van der Waals surface area contributed by atoms with Crippen LogP contribution in [0.5, 0.6) is 5.75 Å². The Labute approximate surface area is 148 Å². The number of nitrogens with one attached hydrogen (secondary N) is 2. The molecule has 2 aromatic rings. The van der Waals surface area contributed by atoms with Crippen LogP contribution < -0.4 is 15.4 Å². The van der Waals surface area contributed by atoms with E-state index in [1.807, 2.05) is 62.4 Å². The Morgan fingerprint density at radius 1 is 1.17 bits per heavy atom. The summed E-state index contributed by atoms with van der Waals surface area (Å²) in [6.07, 6.45) is 0. The first-order valence-electron chi connectivity index (χ1n) is 7.91. The second-order valence-corrected chi connectivity index (χ2v) is 6.17. The predicted molar refractivity (Wildman–Crippen MR) is 97.3 cm³/mol. The van der Waals surface area contributed by atoms with Crippen molar-refractivity contribution in [2.24, 2.45) is 0 Å². The Bertz CT molecular complexity index is 673. The fraction of sp³-hybridized carbons (Fsp3) is 0.316. The van der Waals surface area contributed by atoms with Crippen LogP contribution in [-0.4, -0.2) is 19.1 Å². The van der Waals surface area contributed by atoms with Crippen LogP contribution >= 0.6 is 11.6 Å². The van der Waals surface area contributed by atoms with E-state index >= 15 is 0 Å². The van der Waals surface area contributed by atoms with Gasteiger partial charge >= 0.3 is 0 Å². The number of carbonyl (C=O) groups excluding carboxylic acids is 1. The standard InChI is InChI=1S/C19H23ClN2O2/c1-13(16-5-4-6-17(20)11-16)22-14(2)19(23)21-12-15-7-9-18(24-3)10-8-15/h4-11,13-14,22H,12H2,1-3H3,(H,21,23)/t13-,14+/m0/s1. The normalized spacial score (nSPS) is 13.2. The van der Waals surface area contributed by atoms with E-state index in [2.05, 4.69) is 10.6 Å². The lowest BCUT2D eigenvalue weighted by molar-refractivity contribution is -0.123. The lowest BCUT2D eigenvalue weighted by Gasteiger charge is -2.20. The largest absolute Gasteiger partial charge is 0.497 e. The summed E-state index contributed by atoms with van der Waals surface area (Å²) in [5.41, 5.74) is 2.08. The molecule has 1 amide bonds. The summed E-state index contributed by atoms with van der Waals surface area (Å²) >= 11 is 6.01. The molecule has 2 aromatic carbocycles. The van der Waals surface area contributed by atoms with Crippen LogP contribution in [0, 0.1) is 0 Å². The van der Waals surface area contributed by atoms with Gasteiger partial charge in [-0.2, -0.15) is 0 Å². The summed E-state index contributed by atoms with van der Waals surface area (Å²) in [6, 6.07) is 15.0. The molecule has 128 valence electrons. The van der Waals surface area contributed by atoms with Gasteiger partial charge in [0.1, 0.15) is 5.75 Å². The highest BCUT2D eigenvalue weighted by atomic mass is 35.5. The zero-order chi connectivity index (χ0) is 17.5. The second kappa shape index (κ2) is 8.71. The molecule has 0 unspecified atom stereocenters. The minimum Gasteiger partial charge on any atom is -0.497 e. The number of amides is 1. The van der Waals surface area contributed by atoms with E-state index in [0.29, 0.717) is 11.6 Å². The Hall–Kier alpha value is -2.04. The molecule has 0 radical (unpaired) electrons. The van der Waals surface area contributed by atoms with Gasteiger partial charge in [0.15, 0.2) is 0 Å². The zero-order valence-corrected chi connectivity index (χ0v) is 14.9. The molecule has 0 spiro atoms. The van der Waals surface area contributed by atoms with Crippen LogP contribution in [0.25, 0.3) is 0 Å². The molecule has 24 heavy (non-hydrogen) atoms. The van der Waals surface area contributed by atoms with Crippen molar-refractivity contribution in [1.82, 2.24) is 10.6 Å². The van der Waals surface area contributed by atoms with Gasteiger partial charge in [0.2, 0.25) is 5.91 Å². The first kappa shape index (κ1) is 18.3. The van der Waals surface area contributed by atoms with E-state index in [1.165, 1.54) is 0 Å². The highest BCUT2D eigenvalue weighted by molar-refractivity contribution is 6.30. The molecule has 5 heteroatoms. The summed E-state index contributed by atoms with van der Waals surface area (Å²) in [5, 5.41) is 6.92. The third-order valence-electron chi connectivity index (χ3n) is 3.87. The molecule has 2 atom stereocenters. The van der Waals surface area contributed by atoms with Gasteiger partial charge in [0, 0.05) is 17.6 Å². The molecular formula is C19H23ClN2O2. The SMILES string of the molecule is COc1ccc(CNC(=O)[C@@H](C)N[C@@H](C)c2cccc(Cl)c2)cc1. The molecule has 0 saturated heterocycles. The number of ether oxygens (including phenoxy) is 1. The molecule has 0 aromatic heterocycles. The van der Waals surface area contributed by atoms with E-state index in [0.717, 1.165) is 16.9 Å². The summed E-state index contributed by atoms with van der Waals surface area (Å²) in [7, 11) is 1.63. The molecule has 0 saturated carbocycles. The van der Waals surface area contributed by atoms with Crippen molar-refractivity contribution in [3.8, 4) is 5.75 Å². The van der Waals surface area contributed by atoms with Crippen molar-refractivity contribution in [2.75, 3.05) is 7.11 Å². The molecule has 0 aliphatic rings. The topological polar surface area (TPSA) is 50.4 Å². The van der Waals surface area contributed by atoms with Crippen molar-refractivity contribution >= 4 is 17.5 Å². The first-order chi connectivity index (χ1) is 11.5.